The Morgan fingerprint density at radius 1 is 1.40 bits per heavy atom. The zero-order valence-corrected chi connectivity index (χ0v) is 8.54. The fourth-order valence-corrected chi connectivity index (χ4v) is 1.46. The number of primary sulfonamides is 1. The van der Waals surface area contributed by atoms with Crippen LogP contribution < -0.4 is 5.14 Å². The zero-order valence-electron chi connectivity index (χ0n) is 7.72. The van der Waals surface area contributed by atoms with Crippen molar-refractivity contribution in [2.24, 2.45) is 5.14 Å². The van der Waals surface area contributed by atoms with Gasteiger partial charge in [-0.25, -0.2) is 18.7 Å². The zero-order chi connectivity index (χ0) is 11.1. The minimum Gasteiger partial charge on any atom is -0.282 e. The van der Waals surface area contributed by atoms with E-state index in [2.05, 4.69) is 25.4 Å². The van der Waals surface area contributed by atoms with Crippen molar-refractivity contribution in [1.29, 1.82) is 0 Å². The van der Waals surface area contributed by atoms with Crippen LogP contribution in [0.2, 0.25) is 0 Å². The summed E-state index contributed by atoms with van der Waals surface area (Å²) >= 11 is 0. The smallest absolute Gasteiger partial charge is 0.273 e. The van der Waals surface area contributed by atoms with Gasteiger partial charge in [-0.05, 0) is 6.92 Å². The van der Waals surface area contributed by atoms with Crippen molar-refractivity contribution in [2.45, 2.75) is 12.1 Å². The number of nitrogens with two attached hydrogens (primary N) is 1. The number of H-pyrrole nitrogens is 2. The van der Waals surface area contributed by atoms with Crippen LogP contribution in [-0.4, -0.2) is 33.8 Å². The maximum atomic E-state index is 10.9. The lowest BCUT2D eigenvalue weighted by Crippen LogP contribution is -2.13. The van der Waals surface area contributed by atoms with E-state index >= 15 is 0 Å². The molecule has 0 bridgehead atoms. The molecule has 0 fully saturated rings. The molecule has 9 heteroatoms. The molecule has 80 valence electrons. The summed E-state index contributed by atoms with van der Waals surface area (Å²) in [5.74, 6) is 0.241. The van der Waals surface area contributed by atoms with Crippen LogP contribution in [0.15, 0.2) is 11.4 Å². The molecule has 0 aliphatic carbocycles. The van der Waals surface area contributed by atoms with E-state index in [4.69, 9.17) is 5.14 Å². The molecule has 0 unspecified atom stereocenters. The monoisotopic (exact) mass is 228 g/mol. The Morgan fingerprint density at radius 2 is 2.13 bits per heavy atom. The van der Waals surface area contributed by atoms with Gasteiger partial charge in [0.2, 0.25) is 0 Å². The summed E-state index contributed by atoms with van der Waals surface area (Å²) in [7, 11) is -3.85. The molecule has 0 amide bonds. The van der Waals surface area contributed by atoms with Crippen LogP contribution in [0.3, 0.4) is 0 Å². The molecule has 0 atom stereocenters. The highest BCUT2D eigenvalue weighted by Crippen LogP contribution is 2.17. The average Bonchev–Trinajstić information content (AvgIpc) is 2.69. The number of nitrogens with one attached hydrogen (secondary N) is 2. The lowest BCUT2D eigenvalue weighted by atomic mass is 10.2. The molecule has 0 aliphatic rings. The van der Waals surface area contributed by atoms with Crippen LogP contribution in [-0.2, 0) is 10.0 Å². The number of aryl methyl sites for hydroxylation is 1. The van der Waals surface area contributed by atoms with E-state index in [1.54, 1.807) is 6.92 Å². The van der Waals surface area contributed by atoms with Crippen molar-refractivity contribution in [2.75, 3.05) is 0 Å². The van der Waals surface area contributed by atoms with Gasteiger partial charge in [-0.15, -0.1) is 0 Å². The Balaban J connectivity index is 2.50. The van der Waals surface area contributed by atoms with Gasteiger partial charge in [0.1, 0.15) is 0 Å². The largest absolute Gasteiger partial charge is 0.282 e. The van der Waals surface area contributed by atoms with Gasteiger partial charge in [0.05, 0.1) is 11.8 Å². The first-order valence-corrected chi connectivity index (χ1v) is 5.48. The molecular weight excluding hydrogens is 220 g/mol. The molecule has 0 radical (unpaired) electrons. The van der Waals surface area contributed by atoms with Gasteiger partial charge < -0.3 is 0 Å². The molecule has 0 saturated carbocycles. The van der Waals surface area contributed by atoms with E-state index in [9.17, 15) is 8.42 Å². The number of aromatic nitrogens is 5. The predicted octanol–water partition coefficient (Wildman–Crippen LogP) is -0.849. The van der Waals surface area contributed by atoms with Crippen LogP contribution in [0.5, 0.6) is 0 Å². The van der Waals surface area contributed by atoms with Crippen LogP contribution in [0.4, 0.5) is 0 Å². The van der Waals surface area contributed by atoms with Gasteiger partial charge in [-0.2, -0.15) is 15.2 Å². The van der Waals surface area contributed by atoms with Crippen molar-refractivity contribution in [1.82, 2.24) is 25.4 Å². The molecule has 0 aliphatic heterocycles. The van der Waals surface area contributed by atoms with Gasteiger partial charge in [-0.1, -0.05) is 0 Å². The standard InChI is InChI=1S/C6H8N6O2S/c1-3-4(2-8-10-3)5-9-6(12-11-5)15(7,13)14/h2H,1H3,(H,8,10)(H2,7,13,14)(H,9,11,12). The van der Waals surface area contributed by atoms with E-state index in [0.717, 1.165) is 5.69 Å². The summed E-state index contributed by atoms with van der Waals surface area (Å²) in [6.45, 7) is 1.77. The predicted molar refractivity (Wildman–Crippen MR) is 50.1 cm³/mol. The fourth-order valence-electron chi connectivity index (χ4n) is 1.07. The second kappa shape index (κ2) is 3.14. The summed E-state index contributed by atoms with van der Waals surface area (Å²) < 4.78 is 21.8. The SMILES string of the molecule is Cc1[nH]ncc1-c1n[nH]c(S(N)(=O)=O)n1. The van der Waals surface area contributed by atoms with Gasteiger partial charge in [0, 0.05) is 5.69 Å². The molecule has 2 aromatic rings. The van der Waals surface area contributed by atoms with Gasteiger partial charge in [0.25, 0.3) is 15.2 Å². The molecule has 0 saturated heterocycles. The molecule has 8 nitrogen and oxygen atoms in total. The van der Waals surface area contributed by atoms with Gasteiger partial charge >= 0.3 is 0 Å². The molecule has 0 spiro atoms. The fraction of sp³-hybridized carbons (Fsp3) is 0.167. The topological polar surface area (TPSA) is 130 Å². The molecule has 0 aromatic carbocycles. The highest BCUT2D eigenvalue weighted by molar-refractivity contribution is 7.89. The van der Waals surface area contributed by atoms with Crippen LogP contribution in [0.25, 0.3) is 11.4 Å². The Kier molecular flexibility index (Phi) is 2.05. The van der Waals surface area contributed by atoms with E-state index in [1.165, 1.54) is 6.20 Å². The van der Waals surface area contributed by atoms with E-state index in [-0.39, 0.29) is 11.0 Å². The van der Waals surface area contributed by atoms with E-state index in [0.29, 0.717) is 5.56 Å². The Morgan fingerprint density at radius 3 is 2.60 bits per heavy atom. The third-order valence-corrected chi connectivity index (χ3v) is 2.53. The average molecular weight is 228 g/mol. The number of hydrogen-bond acceptors (Lipinski definition) is 5. The van der Waals surface area contributed by atoms with Crippen LogP contribution in [0.1, 0.15) is 5.69 Å². The maximum Gasteiger partial charge on any atom is 0.273 e. The molecule has 2 heterocycles. The van der Waals surface area contributed by atoms with Crippen molar-refractivity contribution >= 4 is 10.0 Å². The summed E-state index contributed by atoms with van der Waals surface area (Å²) in [4.78, 5) is 3.75. The quantitative estimate of drug-likeness (QED) is 0.616. The Hall–Kier alpha value is -1.74. The molecule has 2 rings (SSSR count). The number of rotatable bonds is 2. The molecule has 4 N–H and O–H groups in total. The second-order valence-corrected chi connectivity index (χ2v) is 4.39. The number of sulfonamides is 1. The van der Waals surface area contributed by atoms with Crippen molar-refractivity contribution in [3.05, 3.63) is 11.9 Å². The van der Waals surface area contributed by atoms with Crippen LogP contribution >= 0.6 is 0 Å². The molecule has 2 aromatic heterocycles. The first-order chi connectivity index (χ1) is 6.98. The highest BCUT2D eigenvalue weighted by atomic mass is 32.2. The first-order valence-electron chi connectivity index (χ1n) is 3.94. The third-order valence-electron chi connectivity index (χ3n) is 1.81. The number of hydrogen-bond donors (Lipinski definition) is 3. The lowest BCUT2D eigenvalue weighted by Gasteiger charge is -1.89. The number of nitrogens with zero attached hydrogens (tertiary/aromatic N) is 3. The summed E-state index contributed by atoms with van der Waals surface area (Å²) in [6, 6.07) is 0. The van der Waals surface area contributed by atoms with Gasteiger partial charge in [0.15, 0.2) is 5.82 Å². The second-order valence-electron chi connectivity index (χ2n) is 2.92. The summed E-state index contributed by atoms with van der Waals surface area (Å²) in [5.41, 5.74) is 1.37. The highest BCUT2D eigenvalue weighted by Gasteiger charge is 2.16. The number of aromatic amines is 2. The Labute approximate surface area is 85.0 Å². The van der Waals surface area contributed by atoms with Crippen LogP contribution in [0, 0.1) is 6.92 Å². The van der Waals surface area contributed by atoms with Gasteiger partial charge in [-0.3, -0.25) is 5.10 Å². The van der Waals surface area contributed by atoms with E-state index < -0.39 is 10.0 Å². The summed E-state index contributed by atoms with van der Waals surface area (Å²) in [6.07, 6.45) is 1.51. The lowest BCUT2D eigenvalue weighted by molar-refractivity contribution is 0.589. The Bertz CT molecular complexity index is 582. The minimum atomic E-state index is -3.85. The first kappa shape index (κ1) is 9.80. The van der Waals surface area contributed by atoms with E-state index in [1.807, 2.05) is 0 Å². The normalized spacial score (nSPS) is 11.9. The van der Waals surface area contributed by atoms with Crippen molar-refractivity contribution in [3.63, 3.8) is 0 Å². The van der Waals surface area contributed by atoms with Crippen molar-refractivity contribution < 1.29 is 8.42 Å². The van der Waals surface area contributed by atoms with Crippen molar-refractivity contribution in [3.8, 4) is 11.4 Å². The third kappa shape index (κ3) is 1.74. The minimum absolute atomic E-state index is 0.241. The molecule has 15 heavy (non-hydrogen) atoms. The molecular formula is C6H8N6O2S. The summed E-state index contributed by atoms with van der Waals surface area (Å²) in [5, 5.41) is 17.0. The maximum absolute atomic E-state index is 10.9.